The number of pyridine rings is 1. The van der Waals surface area contributed by atoms with Crippen LogP contribution < -0.4 is 15.0 Å². The van der Waals surface area contributed by atoms with Crippen LogP contribution in [0.2, 0.25) is 0 Å². The molecule has 37 heavy (non-hydrogen) atoms. The molecular weight excluding hydrogens is 472 g/mol. The van der Waals surface area contributed by atoms with E-state index in [0.717, 1.165) is 5.69 Å². The Bertz CT molecular complexity index is 1450. The van der Waals surface area contributed by atoms with Gasteiger partial charge in [0.25, 0.3) is 11.6 Å². The lowest BCUT2D eigenvalue weighted by molar-refractivity contribution is -0.384. The third kappa shape index (κ3) is 5.96. The summed E-state index contributed by atoms with van der Waals surface area (Å²) < 4.78 is 5.77. The maximum absolute atomic E-state index is 13.3. The molecule has 0 radical (unpaired) electrons. The number of hydrogen-bond acceptors (Lipinski definition) is 7. The summed E-state index contributed by atoms with van der Waals surface area (Å²) in [4.78, 5) is 43.3. The highest BCUT2D eigenvalue weighted by Gasteiger charge is 2.23. The molecule has 0 saturated carbocycles. The fourth-order valence-corrected chi connectivity index (χ4v) is 3.73. The lowest BCUT2D eigenvalue weighted by Gasteiger charge is -2.14. The number of benzene rings is 3. The molecule has 0 spiro atoms. The number of anilines is 2. The number of carbonyl (C=O) groups is 2. The molecule has 1 heterocycles. The zero-order chi connectivity index (χ0) is 26.4. The van der Waals surface area contributed by atoms with Gasteiger partial charge in [0, 0.05) is 49.2 Å². The third-order valence-corrected chi connectivity index (χ3v) is 5.54. The molecule has 4 rings (SSSR count). The second-order valence-corrected chi connectivity index (χ2v) is 8.32. The SMILES string of the molecule is CN(C)c1ccc(C(=O)c2ccccc2C(=O)Nc2cccc(OCc3ccccn3)c2)cc1[N+](=O)[O-]. The Morgan fingerprint density at radius 2 is 1.70 bits per heavy atom. The van der Waals surface area contributed by atoms with Gasteiger partial charge in [-0.3, -0.25) is 24.7 Å². The van der Waals surface area contributed by atoms with Crippen molar-refractivity contribution in [2.24, 2.45) is 0 Å². The molecule has 9 heteroatoms. The van der Waals surface area contributed by atoms with Crippen molar-refractivity contribution in [3.05, 3.63) is 124 Å². The summed E-state index contributed by atoms with van der Waals surface area (Å²) in [5, 5.41) is 14.4. The highest BCUT2D eigenvalue weighted by atomic mass is 16.6. The molecule has 0 bridgehead atoms. The Kier molecular flexibility index (Phi) is 7.53. The quantitative estimate of drug-likeness (QED) is 0.194. The fraction of sp³-hybridized carbons (Fsp3) is 0.107. The molecule has 1 aromatic heterocycles. The summed E-state index contributed by atoms with van der Waals surface area (Å²) in [6.45, 7) is 0.272. The first-order chi connectivity index (χ1) is 17.8. The van der Waals surface area contributed by atoms with Gasteiger partial charge in [0.1, 0.15) is 18.0 Å². The highest BCUT2D eigenvalue weighted by molar-refractivity contribution is 6.18. The number of amides is 1. The second kappa shape index (κ2) is 11.1. The highest BCUT2D eigenvalue weighted by Crippen LogP contribution is 2.29. The summed E-state index contributed by atoms with van der Waals surface area (Å²) in [5.74, 6) is -0.446. The van der Waals surface area contributed by atoms with Crippen LogP contribution in [0.4, 0.5) is 17.1 Å². The van der Waals surface area contributed by atoms with Crippen LogP contribution in [0, 0.1) is 10.1 Å². The minimum atomic E-state index is -0.534. The summed E-state index contributed by atoms with van der Waals surface area (Å²) in [6, 6.07) is 23.0. The van der Waals surface area contributed by atoms with Crippen molar-refractivity contribution in [2.75, 3.05) is 24.3 Å². The lowest BCUT2D eigenvalue weighted by atomic mass is 9.97. The number of rotatable bonds is 9. The standard InChI is InChI=1S/C28H24N4O5/c1-31(2)25-14-13-19(16-26(25)32(35)36)27(33)23-11-3-4-12-24(23)28(34)30-20-9-7-10-22(17-20)37-18-21-8-5-6-15-29-21/h3-17H,18H2,1-2H3,(H,30,34). The van der Waals surface area contributed by atoms with Crippen LogP contribution in [0.25, 0.3) is 0 Å². The number of nitro benzene ring substituents is 1. The molecule has 0 aliphatic heterocycles. The van der Waals surface area contributed by atoms with Gasteiger partial charge in [-0.05, 0) is 42.5 Å². The monoisotopic (exact) mass is 496 g/mol. The Labute approximate surface area is 213 Å². The van der Waals surface area contributed by atoms with Crippen LogP contribution in [0.15, 0.2) is 91.1 Å². The molecular formula is C28H24N4O5. The van der Waals surface area contributed by atoms with Crippen molar-refractivity contribution in [3.63, 3.8) is 0 Å². The van der Waals surface area contributed by atoms with E-state index in [9.17, 15) is 19.7 Å². The average molecular weight is 497 g/mol. The van der Waals surface area contributed by atoms with E-state index in [1.165, 1.54) is 30.3 Å². The predicted molar refractivity (Wildman–Crippen MR) is 140 cm³/mol. The van der Waals surface area contributed by atoms with Crippen LogP contribution >= 0.6 is 0 Å². The van der Waals surface area contributed by atoms with Crippen LogP contribution in [-0.4, -0.2) is 35.7 Å². The first-order valence-electron chi connectivity index (χ1n) is 11.4. The lowest BCUT2D eigenvalue weighted by Crippen LogP contribution is -2.17. The smallest absolute Gasteiger partial charge is 0.293 e. The molecule has 3 aromatic carbocycles. The average Bonchev–Trinajstić information content (AvgIpc) is 2.92. The van der Waals surface area contributed by atoms with Crippen molar-refractivity contribution in [2.45, 2.75) is 6.61 Å². The number of aromatic nitrogens is 1. The zero-order valence-electron chi connectivity index (χ0n) is 20.3. The fourth-order valence-electron chi connectivity index (χ4n) is 3.73. The zero-order valence-corrected chi connectivity index (χ0v) is 20.3. The Morgan fingerprint density at radius 3 is 2.41 bits per heavy atom. The van der Waals surface area contributed by atoms with Crippen molar-refractivity contribution >= 4 is 28.8 Å². The van der Waals surface area contributed by atoms with Crippen molar-refractivity contribution < 1.29 is 19.2 Å². The Morgan fingerprint density at radius 1 is 0.946 bits per heavy atom. The number of nitrogens with zero attached hydrogens (tertiary/aromatic N) is 3. The molecule has 0 fully saturated rings. The minimum absolute atomic E-state index is 0.113. The molecule has 1 amide bonds. The second-order valence-electron chi connectivity index (χ2n) is 8.32. The van der Waals surface area contributed by atoms with Crippen LogP contribution in [-0.2, 0) is 6.61 Å². The van der Waals surface area contributed by atoms with E-state index in [2.05, 4.69) is 10.3 Å². The molecule has 0 saturated heterocycles. The van der Waals surface area contributed by atoms with Crippen LogP contribution in [0.5, 0.6) is 5.75 Å². The third-order valence-electron chi connectivity index (χ3n) is 5.54. The number of carbonyl (C=O) groups excluding carboxylic acids is 2. The maximum atomic E-state index is 13.3. The van der Waals surface area contributed by atoms with E-state index < -0.39 is 16.6 Å². The molecule has 4 aromatic rings. The molecule has 9 nitrogen and oxygen atoms in total. The molecule has 0 aliphatic rings. The number of ether oxygens (including phenoxy) is 1. The van der Waals surface area contributed by atoms with E-state index in [4.69, 9.17) is 4.74 Å². The van der Waals surface area contributed by atoms with Gasteiger partial charge in [-0.15, -0.1) is 0 Å². The number of nitro groups is 1. The summed E-state index contributed by atoms with van der Waals surface area (Å²) >= 11 is 0. The Balaban J connectivity index is 1.55. The van der Waals surface area contributed by atoms with Gasteiger partial charge in [0.05, 0.1) is 16.2 Å². The molecule has 0 atom stereocenters. The van der Waals surface area contributed by atoms with Gasteiger partial charge in [-0.25, -0.2) is 0 Å². The van der Waals surface area contributed by atoms with E-state index in [1.54, 1.807) is 61.6 Å². The summed E-state index contributed by atoms with van der Waals surface area (Å²) in [5.41, 5.74) is 1.82. The largest absolute Gasteiger partial charge is 0.487 e. The van der Waals surface area contributed by atoms with Crippen molar-refractivity contribution in [3.8, 4) is 5.75 Å². The number of nitrogens with one attached hydrogen (secondary N) is 1. The normalized spacial score (nSPS) is 10.4. The van der Waals surface area contributed by atoms with Gasteiger partial charge in [-0.1, -0.05) is 30.3 Å². The molecule has 186 valence electrons. The van der Waals surface area contributed by atoms with E-state index in [1.807, 2.05) is 18.2 Å². The summed E-state index contributed by atoms with van der Waals surface area (Å²) in [6.07, 6.45) is 1.68. The van der Waals surface area contributed by atoms with Crippen LogP contribution in [0.3, 0.4) is 0 Å². The van der Waals surface area contributed by atoms with Gasteiger partial charge < -0.3 is 15.0 Å². The summed E-state index contributed by atoms with van der Waals surface area (Å²) in [7, 11) is 3.37. The molecule has 1 N–H and O–H groups in total. The maximum Gasteiger partial charge on any atom is 0.293 e. The molecule has 0 aliphatic carbocycles. The predicted octanol–water partition coefficient (Wildman–Crippen LogP) is 5.12. The molecule has 0 unspecified atom stereocenters. The van der Waals surface area contributed by atoms with E-state index in [-0.39, 0.29) is 29.0 Å². The van der Waals surface area contributed by atoms with Gasteiger partial charge in [0.15, 0.2) is 5.78 Å². The number of ketones is 1. The van der Waals surface area contributed by atoms with Gasteiger partial charge in [0.2, 0.25) is 0 Å². The first-order valence-corrected chi connectivity index (χ1v) is 11.4. The minimum Gasteiger partial charge on any atom is -0.487 e. The van der Waals surface area contributed by atoms with E-state index >= 15 is 0 Å². The Hall–Kier alpha value is -5.05. The van der Waals surface area contributed by atoms with Crippen molar-refractivity contribution in [1.82, 2.24) is 4.98 Å². The first kappa shape index (κ1) is 25.1. The number of hydrogen-bond donors (Lipinski definition) is 1. The van der Waals surface area contributed by atoms with Crippen LogP contribution in [0.1, 0.15) is 32.0 Å². The van der Waals surface area contributed by atoms with Crippen molar-refractivity contribution in [1.29, 1.82) is 0 Å². The van der Waals surface area contributed by atoms with E-state index in [0.29, 0.717) is 17.1 Å². The van der Waals surface area contributed by atoms with Gasteiger partial charge >= 0.3 is 0 Å². The van der Waals surface area contributed by atoms with Gasteiger partial charge in [-0.2, -0.15) is 0 Å². The topological polar surface area (TPSA) is 115 Å².